The highest BCUT2D eigenvalue weighted by atomic mass is 32.2. The first-order chi connectivity index (χ1) is 5.83. The molecule has 0 heterocycles. The van der Waals surface area contributed by atoms with Crippen molar-refractivity contribution in [2.24, 2.45) is 5.41 Å². The highest BCUT2D eigenvalue weighted by molar-refractivity contribution is 7.98. The molecule has 12 heavy (non-hydrogen) atoms. The van der Waals surface area contributed by atoms with E-state index in [1.54, 1.807) is 0 Å². The lowest BCUT2D eigenvalue weighted by Gasteiger charge is -2.25. The smallest absolute Gasteiger partial charge is 0.0487 e. The lowest BCUT2D eigenvalue weighted by Crippen LogP contribution is -2.21. The molecule has 1 nitrogen and oxygen atoms in total. The summed E-state index contributed by atoms with van der Waals surface area (Å²) in [5.41, 5.74) is 0.329. The van der Waals surface area contributed by atoms with Crippen molar-refractivity contribution in [1.29, 1.82) is 0 Å². The standard InChI is InChI=1S/C10H20OS/c1-12-8-4-7-10(9-11)5-2-3-6-10/h11H,2-9H2,1H3. The minimum atomic E-state index is 0.329. The molecule has 0 radical (unpaired) electrons. The SMILES string of the molecule is CSCCCC1(CO)CCCC1. The summed E-state index contributed by atoms with van der Waals surface area (Å²) in [5.74, 6) is 1.25. The first-order valence-corrected chi connectivity index (χ1v) is 6.32. The van der Waals surface area contributed by atoms with Crippen molar-refractivity contribution < 1.29 is 5.11 Å². The van der Waals surface area contributed by atoms with E-state index < -0.39 is 0 Å². The largest absolute Gasteiger partial charge is 0.396 e. The molecule has 1 aliphatic carbocycles. The van der Waals surface area contributed by atoms with E-state index in [4.69, 9.17) is 0 Å². The van der Waals surface area contributed by atoms with Crippen LogP contribution < -0.4 is 0 Å². The average molecular weight is 188 g/mol. The highest BCUT2D eigenvalue weighted by Gasteiger charge is 2.32. The van der Waals surface area contributed by atoms with E-state index >= 15 is 0 Å². The van der Waals surface area contributed by atoms with E-state index in [1.807, 2.05) is 11.8 Å². The van der Waals surface area contributed by atoms with Gasteiger partial charge >= 0.3 is 0 Å². The van der Waals surface area contributed by atoms with Gasteiger partial charge in [0.05, 0.1) is 0 Å². The molecule has 0 aromatic rings. The zero-order valence-electron chi connectivity index (χ0n) is 8.01. The van der Waals surface area contributed by atoms with Gasteiger partial charge < -0.3 is 5.11 Å². The van der Waals surface area contributed by atoms with Crippen LogP contribution in [0.1, 0.15) is 38.5 Å². The first-order valence-electron chi connectivity index (χ1n) is 4.93. The molecule has 0 bridgehead atoms. The Morgan fingerprint density at radius 2 is 2.00 bits per heavy atom. The predicted molar refractivity (Wildman–Crippen MR) is 55.6 cm³/mol. The van der Waals surface area contributed by atoms with Gasteiger partial charge in [-0.05, 0) is 43.1 Å². The summed E-state index contributed by atoms with van der Waals surface area (Å²) in [6.45, 7) is 0.418. The van der Waals surface area contributed by atoms with Crippen LogP contribution in [-0.2, 0) is 0 Å². The second kappa shape index (κ2) is 5.13. The maximum Gasteiger partial charge on any atom is 0.0487 e. The van der Waals surface area contributed by atoms with E-state index in [1.165, 1.54) is 44.3 Å². The molecule has 1 aliphatic rings. The molecule has 0 aliphatic heterocycles. The summed E-state index contributed by atoms with van der Waals surface area (Å²) in [6.07, 6.45) is 9.86. The number of aliphatic hydroxyl groups is 1. The number of hydrogen-bond donors (Lipinski definition) is 1. The third kappa shape index (κ3) is 2.67. The Hall–Kier alpha value is 0.310. The summed E-state index contributed by atoms with van der Waals surface area (Å²) >= 11 is 1.91. The Kier molecular flexibility index (Phi) is 4.44. The van der Waals surface area contributed by atoms with E-state index in [0.29, 0.717) is 12.0 Å². The Bertz CT molecular complexity index is 119. The molecule has 72 valence electrons. The maximum absolute atomic E-state index is 9.31. The van der Waals surface area contributed by atoms with Gasteiger partial charge in [-0.2, -0.15) is 11.8 Å². The van der Waals surface area contributed by atoms with Crippen LogP contribution in [0.2, 0.25) is 0 Å². The molecule has 0 amide bonds. The molecular weight excluding hydrogens is 168 g/mol. The Morgan fingerprint density at radius 1 is 1.33 bits per heavy atom. The third-order valence-electron chi connectivity index (χ3n) is 3.06. The Labute approximate surface area is 79.9 Å². The van der Waals surface area contributed by atoms with Crippen LogP contribution in [0.4, 0.5) is 0 Å². The summed E-state index contributed by atoms with van der Waals surface area (Å²) < 4.78 is 0. The minimum absolute atomic E-state index is 0.329. The van der Waals surface area contributed by atoms with Crippen LogP contribution in [0.15, 0.2) is 0 Å². The number of rotatable bonds is 5. The fraction of sp³-hybridized carbons (Fsp3) is 1.00. The maximum atomic E-state index is 9.31. The fourth-order valence-electron chi connectivity index (χ4n) is 2.20. The van der Waals surface area contributed by atoms with Crippen LogP contribution in [0.25, 0.3) is 0 Å². The molecule has 0 saturated heterocycles. The van der Waals surface area contributed by atoms with Crippen molar-refractivity contribution >= 4 is 11.8 Å². The quantitative estimate of drug-likeness (QED) is 0.669. The summed E-state index contributed by atoms with van der Waals surface area (Å²) in [5, 5.41) is 9.31. The van der Waals surface area contributed by atoms with Crippen LogP contribution in [0, 0.1) is 5.41 Å². The molecule has 0 atom stereocenters. The minimum Gasteiger partial charge on any atom is -0.396 e. The number of aliphatic hydroxyl groups excluding tert-OH is 1. The van der Waals surface area contributed by atoms with E-state index in [0.717, 1.165) is 0 Å². The summed E-state index contributed by atoms with van der Waals surface area (Å²) in [7, 11) is 0. The summed E-state index contributed by atoms with van der Waals surface area (Å²) in [6, 6.07) is 0. The average Bonchev–Trinajstić information content (AvgIpc) is 2.55. The van der Waals surface area contributed by atoms with Crippen LogP contribution in [0.3, 0.4) is 0 Å². The van der Waals surface area contributed by atoms with Gasteiger partial charge in [-0.1, -0.05) is 12.8 Å². The topological polar surface area (TPSA) is 20.2 Å². The van der Waals surface area contributed by atoms with Crippen molar-refractivity contribution in [3.05, 3.63) is 0 Å². The van der Waals surface area contributed by atoms with Gasteiger partial charge in [0, 0.05) is 6.61 Å². The van der Waals surface area contributed by atoms with Crippen molar-refractivity contribution in [2.75, 3.05) is 18.6 Å². The van der Waals surface area contributed by atoms with Gasteiger partial charge in [-0.15, -0.1) is 0 Å². The van der Waals surface area contributed by atoms with Crippen LogP contribution >= 0.6 is 11.8 Å². The van der Waals surface area contributed by atoms with Crippen molar-refractivity contribution in [3.8, 4) is 0 Å². The fourth-order valence-corrected chi connectivity index (χ4v) is 2.64. The van der Waals surface area contributed by atoms with Crippen molar-refractivity contribution in [3.63, 3.8) is 0 Å². The second-order valence-electron chi connectivity index (χ2n) is 3.96. The van der Waals surface area contributed by atoms with Gasteiger partial charge in [-0.25, -0.2) is 0 Å². The highest BCUT2D eigenvalue weighted by Crippen LogP contribution is 2.41. The molecular formula is C10H20OS. The zero-order valence-corrected chi connectivity index (χ0v) is 8.83. The lowest BCUT2D eigenvalue weighted by atomic mass is 9.83. The van der Waals surface area contributed by atoms with Gasteiger partial charge in [0.15, 0.2) is 0 Å². The Balaban J connectivity index is 2.24. The molecule has 0 aromatic carbocycles. The zero-order chi connectivity index (χ0) is 8.86. The van der Waals surface area contributed by atoms with Gasteiger partial charge in [-0.3, -0.25) is 0 Å². The van der Waals surface area contributed by atoms with Crippen LogP contribution in [-0.4, -0.2) is 23.7 Å². The van der Waals surface area contributed by atoms with Gasteiger partial charge in [0.25, 0.3) is 0 Å². The van der Waals surface area contributed by atoms with E-state index in [-0.39, 0.29) is 0 Å². The Morgan fingerprint density at radius 3 is 2.50 bits per heavy atom. The molecule has 0 aromatic heterocycles. The normalized spacial score (nSPS) is 21.5. The van der Waals surface area contributed by atoms with E-state index in [9.17, 15) is 5.11 Å². The molecule has 1 N–H and O–H groups in total. The van der Waals surface area contributed by atoms with Gasteiger partial charge in [0.1, 0.15) is 0 Å². The molecule has 2 heteroatoms. The second-order valence-corrected chi connectivity index (χ2v) is 4.95. The summed E-state index contributed by atoms with van der Waals surface area (Å²) in [4.78, 5) is 0. The van der Waals surface area contributed by atoms with Crippen LogP contribution in [0.5, 0.6) is 0 Å². The first kappa shape index (κ1) is 10.4. The number of hydrogen-bond acceptors (Lipinski definition) is 2. The van der Waals surface area contributed by atoms with Gasteiger partial charge in [0.2, 0.25) is 0 Å². The molecule has 1 saturated carbocycles. The predicted octanol–water partition coefficient (Wildman–Crippen LogP) is 2.68. The molecule has 1 rings (SSSR count). The van der Waals surface area contributed by atoms with E-state index in [2.05, 4.69) is 6.26 Å². The van der Waals surface area contributed by atoms with Crippen molar-refractivity contribution in [1.82, 2.24) is 0 Å². The molecule has 0 spiro atoms. The number of thioether (sulfide) groups is 1. The molecule has 0 unspecified atom stereocenters. The lowest BCUT2D eigenvalue weighted by molar-refractivity contribution is 0.120. The third-order valence-corrected chi connectivity index (χ3v) is 3.75. The van der Waals surface area contributed by atoms with Crippen molar-refractivity contribution in [2.45, 2.75) is 38.5 Å². The monoisotopic (exact) mass is 188 g/mol. The molecule has 1 fully saturated rings.